The highest BCUT2D eigenvalue weighted by molar-refractivity contribution is 5.76. The van der Waals surface area contributed by atoms with Gasteiger partial charge in [0.15, 0.2) is 0 Å². The zero-order valence-corrected chi connectivity index (χ0v) is 13.2. The fraction of sp³-hybridized carbons (Fsp3) is 0.588. The van der Waals surface area contributed by atoms with Crippen molar-refractivity contribution in [2.45, 2.75) is 64.5 Å². The summed E-state index contributed by atoms with van der Waals surface area (Å²) in [6.07, 6.45) is 2.04. The molecule has 0 heterocycles. The van der Waals surface area contributed by atoms with E-state index in [1.165, 1.54) is 11.1 Å². The third kappa shape index (κ3) is 3.33. The van der Waals surface area contributed by atoms with Gasteiger partial charge in [0, 0.05) is 6.04 Å². The van der Waals surface area contributed by atoms with Crippen LogP contribution in [0, 0.1) is 0 Å². The Hall–Kier alpha value is -1.51. The van der Waals surface area contributed by atoms with Crippen molar-refractivity contribution in [2.75, 3.05) is 0 Å². The highest BCUT2D eigenvalue weighted by Crippen LogP contribution is 2.45. The minimum absolute atomic E-state index is 0.0719. The molecule has 0 aromatic heterocycles. The summed E-state index contributed by atoms with van der Waals surface area (Å²) in [5, 5.41) is 6.02. The van der Waals surface area contributed by atoms with E-state index in [0.717, 1.165) is 12.8 Å². The van der Waals surface area contributed by atoms with Gasteiger partial charge in [0.05, 0.1) is 5.54 Å². The van der Waals surface area contributed by atoms with Crippen LogP contribution in [0.2, 0.25) is 0 Å². The number of benzene rings is 1. The van der Waals surface area contributed by atoms with Gasteiger partial charge in [-0.2, -0.15) is 0 Å². The fourth-order valence-electron chi connectivity index (χ4n) is 2.42. The lowest BCUT2D eigenvalue weighted by atomic mass is 9.86. The van der Waals surface area contributed by atoms with Crippen molar-refractivity contribution in [1.29, 1.82) is 0 Å². The topological polar surface area (TPSA) is 41.1 Å². The average molecular weight is 274 g/mol. The summed E-state index contributed by atoms with van der Waals surface area (Å²) in [4.78, 5) is 11.9. The molecule has 0 saturated heterocycles. The first-order valence-corrected chi connectivity index (χ1v) is 7.43. The molecule has 0 bridgehead atoms. The van der Waals surface area contributed by atoms with E-state index in [-0.39, 0.29) is 23.0 Å². The van der Waals surface area contributed by atoms with Gasteiger partial charge in [0.25, 0.3) is 0 Å². The first kappa shape index (κ1) is 14.9. The van der Waals surface area contributed by atoms with E-state index in [4.69, 9.17) is 0 Å². The van der Waals surface area contributed by atoms with Crippen LogP contribution < -0.4 is 10.6 Å². The Balaban J connectivity index is 2.09. The quantitative estimate of drug-likeness (QED) is 0.867. The Kier molecular flexibility index (Phi) is 3.81. The number of urea groups is 1. The van der Waals surface area contributed by atoms with Gasteiger partial charge in [0.2, 0.25) is 0 Å². The van der Waals surface area contributed by atoms with E-state index in [9.17, 15) is 4.79 Å². The SMILES string of the molecule is CC(C)NC(=O)NC1(c2ccc(C(C)(C)C)cc2)CC1. The molecular weight excluding hydrogens is 248 g/mol. The number of rotatable bonds is 3. The van der Waals surface area contributed by atoms with Crippen LogP contribution in [0.1, 0.15) is 58.6 Å². The smallest absolute Gasteiger partial charge is 0.315 e. The first-order valence-electron chi connectivity index (χ1n) is 7.43. The molecule has 2 N–H and O–H groups in total. The molecule has 1 aliphatic rings. The number of carbonyl (C=O) groups excluding carboxylic acids is 1. The summed E-state index contributed by atoms with van der Waals surface area (Å²) < 4.78 is 0. The summed E-state index contributed by atoms with van der Waals surface area (Å²) in [5.74, 6) is 0. The van der Waals surface area contributed by atoms with Gasteiger partial charge >= 0.3 is 6.03 Å². The molecule has 110 valence electrons. The molecule has 0 spiro atoms. The number of hydrogen-bond donors (Lipinski definition) is 2. The van der Waals surface area contributed by atoms with E-state index in [1.54, 1.807) is 0 Å². The maximum atomic E-state index is 11.9. The van der Waals surface area contributed by atoms with Crippen molar-refractivity contribution in [2.24, 2.45) is 0 Å². The van der Waals surface area contributed by atoms with E-state index >= 15 is 0 Å². The second-order valence-corrected chi connectivity index (χ2v) is 7.16. The molecule has 1 saturated carbocycles. The molecule has 0 aliphatic heterocycles. The monoisotopic (exact) mass is 274 g/mol. The van der Waals surface area contributed by atoms with Gasteiger partial charge in [-0.1, -0.05) is 45.0 Å². The minimum atomic E-state index is -0.143. The van der Waals surface area contributed by atoms with E-state index in [1.807, 2.05) is 13.8 Å². The molecule has 3 heteroatoms. The highest BCUT2D eigenvalue weighted by atomic mass is 16.2. The van der Waals surface area contributed by atoms with Gasteiger partial charge in [-0.25, -0.2) is 4.79 Å². The van der Waals surface area contributed by atoms with Crippen molar-refractivity contribution in [3.05, 3.63) is 35.4 Å². The van der Waals surface area contributed by atoms with Crippen molar-refractivity contribution in [3.8, 4) is 0 Å². The molecule has 1 aliphatic carbocycles. The summed E-state index contributed by atoms with van der Waals surface area (Å²) in [7, 11) is 0. The highest BCUT2D eigenvalue weighted by Gasteiger charge is 2.45. The van der Waals surface area contributed by atoms with Gasteiger partial charge in [0.1, 0.15) is 0 Å². The van der Waals surface area contributed by atoms with Crippen LogP contribution in [0.25, 0.3) is 0 Å². The number of nitrogens with one attached hydrogen (secondary N) is 2. The Morgan fingerprint density at radius 2 is 1.70 bits per heavy atom. The third-order valence-corrected chi connectivity index (χ3v) is 3.83. The Morgan fingerprint density at radius 1 is 1.15 bits per heavy atom. The van der Waals surface area contributed by atoms with Crippen LogP contribution in [0.5, 0.6) is 0 Å². The molecule has 2 rings (SSSR count). The molecule has 1 aromatic rings. The van der Waals surface area contributed by atoms with Gasteiger partial charge in [-0.05, 0) is 43.2 Å². The lowest BCUT2D eigenvalue weighted by Crippen LogP contribution is -2.44. The molecule has 1 fully saturated rings. The maximum absolute atomic E-state index is 11.9. The second-order valence-electron chi connectivity index (χ2n) is 7.16. The van der Waals surface area contributed by atoms with Crippen LogP contribution in [0.3, 0.4) is 0 Å². The molecule has 20 heavy (non-hydrogen) atoms. The number of amides is 2. The van der Waals surface area contributed by atoms with E-state index in [2.05, 4.69) is 55.7 Å². The summed E-state index contributed by atoms with van der Waals surface area (Å²) in [6, 6.07) is 8.76. The molecule has 0 atom stereocenters. The second kappa shape index (κ2) is 5.12. The lowest BCUT2D eigenvalue weighted by molar-refractivity contribution is 0.233. The van der Waals surface area contributed by atoms with Crippen LogP contribution in [-0.2, 0) is 11.0 Å². The molecule has 3 nitrogen and oxygen atoms in total. The summed E-state index contributed by atoms with van der Waals surface area (Å²) in [5.41, 5.74) is 2.56. The van der Waals surface area contributed by atoms with Crippen molar-refractivity contribution >= 4 is 6.03 Å². The lowest BCUT2D eigenvalue weighted by Gasteiger charge is -2.22. The predicted octanol–water partition coefficient (Wildman–Crippen LogP) is 3.68. The van der Waals surface area contributed by atoms with E-state index in [0.29, 0.717) is 0 Å². The van der Waals surface area contributed by atoms with Crippen molar-refractivity contribution < 1.29 is 4.79 Å². The normalized spacial score (nSPS) is 16.9. The van der Waals surface area contributed by atoms with Crippen LogP contribution in [0.15, 0.2) is 24.3 Å². The average Bonchev–Trinajstić information content (AvgIpc) is 3.08. The van der Waals surface area contributed by atoms with E-state index < -0.39 is 0 Å². The standard InChI is InChI=1S/C17H26N2O/c1-12(2)18-15(20)19-17(10-11-17)14-8-6-13(7-9-14)16(3,4)5/h6-9,12H,10-11H2,1-5H3,(H2,18,19,20). The van der Waals surface area contributed by atoms with Gasteiger partial charge in [-0.3, -0.25) is 0 Å². The Bertz CT molecular complexity index is 479. The van der Waals surface area contributed by atoms with Crippen LogP contribution in [0.4, 0.5) is 4.79 Å². The maximum Gasteiger partial charge on any atom is 0.315 e. The predicted molar refractivity (Wildman–Crippen MR) is 82.9 cm³/mol. The Morgan fingerprint density at radius 3 is 2.10 bits per heavy atom. The molecule has 0 radical (unpaired) electrons. The van der Waals surface area contributed by atoms with Crippen molar-refractivity contribution in [3.63, 3.8) is 0 Å². The zero-order chi connectivity index (χ0) is 15.0. The Labute approximate surface area is 122 Å². The van der Waals surface area contributed by atoms with Crippen molar-refractivity contribution in [1.82, 2.24) is 10.6 Å². The summed E-state index contributed by atoms with van der Waals surface area (Å²) in [6.45, 7) is 10.6. The summed E-state index contributed by atoms with van der Waals surface area (Å²) >= 11 is 0. The zero-order valence-electron chi connectivity index (χ0n) is 13.2. The molecule has 1 aromatic carbocycles. The van der Waals surface area contributed by atoms with Crippen LogP contribution >= 0.6 is 0 Å². The number of hydrogen-bond acceptors (Lipinski definition) is 1. The fourth-order valence-corrected chi connectivity index (χ4v) is 2.42. The van der Waals surface area contributed by atoms with Crippen LogP contribution in [-0.4, -0.2) is 12.1 Å². The molecule has 0 unspecified atom stereocenters. The number of carbonyl (C=O) groups is 1. The molecule has 2 amide bonds. The molecular formula is C17H26N2O. The minimum Gasteiger partial charge on any atom is -0.336 e. The first-order chi connectivity index (χ1) is 9.23. The largest absolute Gasteiger partial charge is 0.336 e. The van der Waals surface area contributed by atoms with Gasteiger partial charge < -0.3 is 10.6 Å². The van der Waals surface area contributed by atoms with Gasteiger partial charge in [-0.15, -0.1) is 0 Å². The third-order valence-electron chi connectivity index (χ3n) is 3.83.